The predicted octanol–water partition coefficient (Wildman–Crippen LogP) is 8.08. The minimum Gasteiger partial charge on any atom is -0.304 e. The first-order valence-electron chi connectivity index (χ1n) is 11.7. The summed E-state index contributed by atoms with van der Waals surface area (Å²) in [4.78, 5) is 4.89. The van der Waals surface area contributed by atoms with E-state index in [1.807, 2.05) is 43.5 Å². The Kier molecular flexibility index (Phi) is 3.79. The van der Waals surface area contributed by atoms with E-state index in [4.69, 9.17) is 4.98 Å². The maximum absolute atomic E-state index is 13.7. The number of rotatable bonds is 2. The lowest BCUT2D eigenvalue weighted by molar-refractivity contribution is -0.211. The lowest BCUT2D eigenvalue weighted by Gasteiger charge is -2.27. The third-order valence-corrected chi connectivity index (χ3v) is 7.56. The molecule has 7 rings (SSSR count). The zero-order chi connectivity index (χ0) is 24.3. The Morgan fingerprint density at radius 3 is 2.31 bits per heavy atom. The van der Waals surface area contributed by atoms with Gasteiger partial charge < -0.3 is 4.40 Å². The fourth-order valence-corrected chi connectivity index (χ4v) is 5.76. The summed E-state index contributed by atoms with van der Waals surface area (Å²) in [5.74, 6) is 0. The van der Waals surface area contributed by atoms with E-state index in [2.05, 4.69) is 39.1 Å². The van der Waals surface area contributed by atoms with E-state index in [1.165, 1.54) is 13.8 Å². The summed E-state index contributed by atoms with van der Waals surface area (Å²) in [6, 6.07) is 20.3. The van der Waals surface area contributed by atoms with E-state index in [0.29, 0.717) is 5.56 Å². The van der Waals surface area contributed by atoms with Crippen LogP contribution < -0.4 is 0 Å². The van der Waals surface area contributed by atoms with Crippen LogP contribution in [0.2, 0.25) is 0 Å². The van der Waals surface area contributed by atoms with Crippen LogP contribution in [-0.2, 0) is 6.42 Å². The van der Waals surface area contributed by atoms with E-state index in [-0.39, 0.29) is 6.42 Å². The largest absolute Gasteiger partial charge is 0.394 e. The van der Waals surface area contributed by atoms with Crippen LogP contribution in [0.25, 0.3) is 54.8 Å². The highest BCUT2D eigenvalue weighted by Gasteiger charge is 2.47. The third-order valence-electron chi connectivity index (χ3n) is 7.56. The van der Waals surface area contributed by atoms with Crippen molar-refractivity contribution in [3.63, 3.8) is 0 Å². The van der Waals surface area contributed by atoms with Gasteiger partial charge >= 0.3 is 6.18 Å². The van der Waals surface area contributed by atoms with Crippen LogP contribution in [-0.4, -0.2) is 20.0 Å². The molecule has 7 aromatic rings. The average Bonchev–Trinajstić information content (AvgIpc) is 3.33. The Morgan fingerprint density at radius 2 is 1.51 bits per heavy atom. The van der Waals surface area contributed by atoms with E-state index in [9.17, 15) is 13.2 Å². The summed E-state index contributed by atoms with van der Waals surface area (Å²) in [6.07, 6.45) is -2.46. The number of para-hydroxylation sites is 2. The van der Waals surface area contributed by atoms with E-state index in [0.717, 1.165) is 60.3 Å². The van der Waals surface area contributed by atoms with Crippen molar-refractivity contribution in [2.75, 3.05) is 0 Å². The monoisotopic (exact) mass is 469 g/mol. The van der Waals surface area contributed by atoms with Crippen LogP contribution in [0.3, 0.4) is 0 Å². The first-order valence-corrected chi connectivity index (χ1v) is 11.7. The summed E-state index contributed by atoms with van der Waals surface area (Å²) in [5.41, 5.74) is 5.84. The van der Waals surface area contributed by atoms with Crippen LogP contribution in [0, 0.1) is 12.3 Å². The fourth-order valence-electron chi connectivity index (χ4n) is 5.76. The first-order chi connectivity index (χ1) is 16.7. The number of benzene rings is 3. The number of pyridine rings is 1. The highest BCUT2D eigenvalue weighted by atomic mass is 19.4. The van der Waals surface area contributed by atoms with E-state index in [1.54, 1.807) is 0 Å². The lowest BCUT2D eigenvalue weighted by Crippen LogP contribution is -2.34. The molecule has 0 fully saturated rings. The Balaban J connectivity index is 1.69. The van der Waals surface area contributed by atoms with Crippen LogP contribution in [0.5, 0.6) is 0 Å². The Morgan fingerprint density at radius 1 is 0.771 bits per heavy atom. The number of alkyl halides is 3. The molecular formula is C29H22F3N3. The van der Waals surface area contributed by atoms with Gasteiger partial charge in [-0.1, -0.05) is 56.3 Å². The van der Waals surface area contributed by atoms with Crippen molar-refractivity contribution < 1.29 is 13.2 Å². The summed E-state index contributed by atoms with van der Waals surface area (Å²) >= 11 is 0. The molecule has 0 saturated heterocycles. The molecule has 0 aliphatic carbocycles. The van der Waals surface area contributed by atoms with E-state index >= 15 is 0 Å². The van der Waals surface area contributed by atoms with Crippen molar-refractivity contribution >= 4 is 54.8 Å². The number of hydrogen-bond donors (Lipinski definition) is 0. The van der Waals surface area contributed by atoms with Gasteiger partial charge in [-0.25, -0.2) is 4.98 Å². The van der Waals surface area contributed by atoms with Gasteiger partial charge in [0, 0.05) is 27.7 Å². The summed E-state index contributed by atoms with van der Waals surface area (Å²) in [7, 11) is 0. The van der Waals surface area contributed by atoms with Gasteiger partial charge in [-0.05, 0) is 42.7 Å². The molecule has 0 saturated carbocycles. The summed E-state index contributed by atoms with van der Waals surface area (Å²) in [5, 5.41) is 4.41. The summed E-state index contributed by atoms with van der Waals surface area (Å²) in [6.45, 7) is 4.57. The molecule has 6 heteroatoms. The topological polar surface area (TPSA) is 21.7 Å². The molecule has 4 heterocycles. The van der Waals surface area contributed by atoms with Crippen molar-refractivity contribution in [2.24, 2.45) is 5.41 Å². The van der Waals surface area contributed by atoms with E-state index < -0.39 is 11.6 Å². The Bertz CT molecular complexity index is 1950. The minimum absolute atomic E-state index is 0.0808. The first kappa shape index (κ1) is 20.6. The molecule has 0 bridgehead atoms. The second-order valence-electron chi connectivity index (χ2n) is 10.3. The number of aromatic nitrogens is 3. The normalized spacial score (nSPS) is 13.5. The maximum atomic E-state index is 13.7. The molecule has 4 aromatic heterocycles. The lowest BCUT2D eigenvalue weighted by atomic mass is 9.85. The summed E-state index contributed by atoms with van der Waals surface area (Å²) < 4.78 is 45.4. The molecule has 0 unspecified atom stereocenters. The fraction of sp³-hybridized carbons (Fsp3) is 0.207. The molecule has 174 valence electrons. The quantitative estimate of drug-likeness (QED) is 0.235. The van der Waals surface area contributed by atoms with Gasteiger partial charge in [-0.3, -0.25) is 4.40 Å². The van der Waals surface area contributed by atoms with Crippen LogP contribution in [0.4, 0.5) is 13.2 Å². The van der Waals surface area contributed by atoms with Crippen molar-refractivity contribution in [2.45, 2.75) is 33.4 Å². The highest BCUT2D eigenvalue weighted by Crippen LogP contribution is 2.43. The van der Waals surface area contributed by atoms with Gasteiger partial charge in [-0.15, -0.1) is 0 Å². The number of aryl methyl sites for hydroxylation is 1. The molecule has 3 nitrogen and oxygen atoms in total. The van der Waals surface area contributed by atoms with Crippen molar-refractivity contribution in [1.29, 1.82) is 0 Å². The van der Waals surface area contributed by atoms with Gasteiger partial charge in [0.05, 0.1) is 33.0 Å². The van der Waals surface area contributed by atoms with Crippen LogP contribution in [0.1, 0.15) is 25.0 Å². The predicted molar refractivity (Wildman–Crippen MR) is 136 cm³/mol. The van der Waals surface area contributed by atoms with Crippen LogP contribution in [0.15, 0.2) is 66.9 Å². The van der Waals surface area contributed by atoms with Gasteiger partial charge in [0.15, 0.2) is 5.65 Å². The highest BCUT2D eigenvalue weighted by molar-refractivity contribution is 6.21. The molecule has 0 amide bonds. The molecule has 35 heavy (non-hydrogen) atoms. The Labute approximate surface area is 198 Å². The van der Waals surface area contributed by atoms with Gasteiger partial charge in [0.2, 0.25) is 0 Å². The SMILES string of the molecule is Cc1cnc2c3c1c1ccc(CC(C)(C)C(F)(F)F)cc1n3c1cccc3c4ccccc4n2c31. The molecule has 0 aliphatic heterocycles. The second-order valence-corrected chi connectivity index (χ2v) is 10.3. The standard InChI is InChI=1S/C29H22F3N3/c1-16-15-33-27-26-24(16)20-12-11-17(14-28(2,3)29(30,31)32)13-23(20)34(26)22-10-6-8-19-18-7-4-5-9-21(18)35(27)25(19)22/h4-13,15H,14H2,1-3H3. The van der Waals surface area contributed by atoms with Crippen LogP contribution >= 0.6 is 0 Å². The number of nitrogens with zero attached hydrogens (tertiary/aromatic N) is 3. The zero-order valence-corrected chi connectivity index (χ0v) is 19.5. The van der Waals surface area contributed by atoms with Crippen molar-refractivity contribution in [3.05, 3.63) is 78.0 Å². The molecule has 0 N–H and O–H groups in total. The number of hydrogen-bond acceptors (Lipinski definition) is 1. The average molecular weight is 470 g/mol. The van der Waals surface area contributed by atoms with Gasteiger partial charge in [0.1, 0.15) is 0 Å². The molecular weight excluding hydrogens is 447 g/mol. The molecule has 0 radical (unpaired) electrons. The number of halogens is 3. The molecule has 0 aliphatic rings. The molecule has 3 aromatic carbocycles. The van der Waals surface area contributed by atoms with Crippen molar-refractivity contribution in [3.8, 4) is 0 Å². The Hall–Kier alpha value is -3.80. The number of fused-ring (bicyclic) bond motifs is 8. The van der Waals surface area contributed by atoms with Crippen molar-refractivity contribution in [1.82, 2.24) is 13.8 Å². The third kappa shape index (κ3) is 2.54. The molecule has 0 atom stereocenters. The smallest absolute Gasteiger partial charge is 0.304 e. The minimum atomic E-state index is -4.28. The van der Waals surface area contributed by atoms with Gasteiger partial charge in [-0.2, -0.15) is 13.2 Å². The zero-order valence-electron chi connectivity index (χ0n) is 19.5. The maximum Gasteiger partial charge on any atom is 0.394 e. The van der Waals surface area contributed by atoms with Gasteiger partial charge in [0.25, 0.3) is 0 Å². The molecule has 0 spiro atoms. The second kappa shape index (κ2) is 6.45.